The largest absolute Gasteiger partial charge is 0.390 e. The van der Waals surface area contributed by atoms with Crippen molar-refractivity contribution in [3.8, 4) is 0 Å². The van der Waals surface area contributed by atoms with E-state index in [1.807, 2.05) is 0 Å². The van der Waals surface area contributed by atoms with Gasteiger partial charge < -0.3 is 9.84 Å². The highest BCUT2D eigenvalue weighted by Gasteiger charge is 2.24. The molecule has 2 heteroatoms. The predicted octanol–water partition coefficient (Wildman–Crippen LogP) is 0.958. The number of hydrogen-bond acceptors (Lipinski definition) is 2. The highest BCUT2D eigenvalue weighted by atomic mass is 16.5. The van der Waals surface area contributed by atoms with Gasteiger partial charge in [0.15, 0.2) is 0 Å². The lowest BCUT2D eigenvalue weighted by Crippen LogP contribution is -2.36. The van der Waals surface area contributed by atoms with Gasteiger partial charge >= 0.3 is 0 Å². The number of aliphatic hydroxyl groups is 1. The Morgan fingerprint density at radius 2 is 2.22 bits per heavy atom. The molecule has 2 unspecified atom stereocenters. The van der Waals surface area contributed by atoms with Gasteiger partial charge in [-0.05, 0) is 13.8 Å². The van der Waals surface area contributed by atoms with E-state index in [9.17, 15) is 0 Å². The smallest absolute Gasteiger partial charge is 0.108 e. The van der Waals surface area contributed by atoms with Crippen LogP contribution < -0.4 is 0 Å². The number of rotatable bonds is 3. The molecule has 0 amide bonds. The average Bonchev–Trinajstić information content (AvgIpc) is 1.86. The minimum Gasteiger partial charge on any atom is -0.390 e. The van der Waals surface area contributed by atoms with Crippen molar-refractivity contribution in [2.45, 2.75) is 25.6 Å². The normalized spacial score (nSPS) is 20.4. The van der Waals surface area contributed by atoms with Crippen LogP contribution in [-0.4, -0.2) is 23.9 Å². The topological polar surface area (TPSA) is 29.5 Å². The van der Waals surface area contributed by atoms with Crippen LogP contribution in [0.4, 0.5) is 0 Å². The molecule has 0 heterocycles. The third-order valence-electron chi connectivity index (χ3n) is 1.67. The first kappa shape index (κ1) is 8.66. The maximum Gasteiger partial charge on any atom is 0.108 e. The molecular weight excluding hydrogens is 116 g/mol. The summed E-state index contributed by atoms with van der Waals surface area (Å²) >= 11 is 0. The summed E-state index contributed by atoms with van der Waals surface area (Å²) in [5, 5.41) is 9.08. The molecule has 54 valence electrons. The second-order valence-electron chi connectivity index (χ2n) is 2.27. The molecule has 0 aromatic carbocycles. The molecule has 0 fully saturated rings. The summed E-state index contributed by atoms with van der Waals surface area (Å²) in [6, 6.07) is 0. The maximum absolute atomic E-state index is 9.08. The van der Waals surface area contributed by atoms with E-state index in [-0.39, 0.29) is 0 Å². The standard InChI is InChI=1S/C7H14O2/c1-5-7(3,9-4)6(2)8/h5-6,8H,1H2,2-4H3. The van der Waals surface area contributed by atoms with Gasteiger partial charge in [-0.3, -0.25) is 0 Å². The van der Waals surface area contributed by atoms with Crippen molar-refractivity contribution >= 4 is 0 Å². The van der Waals surface area contributed by atoms with Crippen LogP contribution in [0.3, 0.4) is 0 Å². The molecule has 0 radical (unpaired) electrons. The van der Waals surface area contributed by atoms with E-state index in [0.29, 0.717) is 0 Å². The first-order chi connectivity index (χ1) is 4.06. The van der Waals surface area contributed by atoms with Crippen LogP contribution in [0, 0.1) is 0 Å². The van der Waals surface area contributed by atoms with Crippen molar-refractivity contribution in [2.24, 2.45) is 0 Å². The second-order valence-corrected chi connectivity index (χ2v) is 2.27. The van der Waals surface area contributed by atoms with Crippen molar-refractivity contribution in [1.29, 1.82) is 0 Å². The Labute approximate surface area is 56.1 Å². The van der Waals surface area contributed by atoms with Gasteiger partial charge in [-0.25, -0.2) is 0 Å². The lowest BCUT2D eigenvalue weighted by atomic mass is 10.0. The van der Waals surface area contributed by atoms with Gasteiger partial charge in [0, 0.05) is 7.11 Å². The van der Waals surface area contributed by atoms with Gasteiger partial charge in [0.25, 0.3) is 0 Å². The van der Waals surface area contributed by atoms with Crippen LogP contribution in [0.5, 0.6) is 0 Å². The zero-order valence-corrected chi connectivity index (χ0v) is 6.22. The fourth-order valence-electron chi connectivity index (χ4n) is 0.424. The molecule has 0 aliphatic rings. The molecule has 2 nitrogen and oxygen atoms in total. The maximum atomic E-state index is 9.08. The zero-order chi connectivity index (χ0) is 7.49. The van der Waals surface area contributed by atoms with Gasteiger partial charge in [0.2, 0.25) is 0 Å². The molecule has 0 aliphatic carbocycles. The fourth-order valence-corrected chi connectivity index (χ4v) is 0.424. The lowest BCUT2D eigenvalue weighted by Gasteiger charge is -2.26. The molecule has 0 aliphatic heterocycles. The molecule has 0 saturated heterocycles. The van der Waals surface area contributed by atoms with Gasteiger partial charge in [-0.2, -0.15) is 0 Å². The summed E-state index contributed by atoms with van der Waals surface area (Å²) in [4.78, 5) is 0. The van der Waals surface area contributed by atoms with E-state index in [0.717, 1.165) is 0 Å². The average molecular weight is 130 g/mol. The minimum atomic E-state index is -0.597. The fraction of sp³-hybridized carbons (Fsp3) is 0.714. The van der Waals surface area contributed by atoms with E-state index in [1.165, 1.54) is 0 Å². The Hall–Kier alpha value is -0.340. The van der Waals surface area contributed by atoms with Crippen molar-refractivity contribution in [3.05, 3.63) is 12.7 Å². The van der Waals surface area contributed by atoms with E-state index >= 15 is 0 Å². The number of methoxy groups -OCH3 is 1. The molecule has 2 atom stereocenters. The Morgan fingerprint density at radius 1 is 1.78 bits per heavy atom. The van der Waals surface area contributed by atoms with E-state index in [2.05, 4.69) is 6.58 Å². The highest BCUT2D eigenvalue weighted by molar-refractivity contribution is 4.97. The molecule has 0 spiro atoms. The summed E-state index contributed by atoms with van der Waals surface area (Å²) in [7, 11) is 1.55. The van der Waals surface area contributed by atoms with Crippen LogP contribution in [0.1, 0.15) is 13.8 Å². The van der Waals surface area contributed by atoms with Crippen LogP contribution in [0.15, 0.2) is 12.7 Å². The van der Waals surface area contributed by atoms with Crippen LogP contribution in [0.25, 0.3) is 0 Å². The SMILES string of the molecule is C=CC(C)(OC)C(C)O. The number of aliphatic hydroxyl groups excluding tert-OH is 1. The van der Waals surface area contributed by atoms with E-state index in [4.69, 9.17) is 9.84 Å². The summed E-state index contributed by atoms with van der Waals surface area (Å²) < 4.78 is 4.98. The molecule has 0 rings (SSSR count). The highest BCUT2D eigenvalue weighted by Crippen LogP contribution is 2.14. The molecule has 9 heavy (non-hydrogen) atoms. The Kier molecular flexibility index (Phi) is 2.88. The molecule has 0 saturated carbocycles. The van der Waals surface area contributed by atoms with Crippen molar-refractivity contribution in [3.63, 3.8) is 0 Å². The summed E-state index contributed by atoms with van der Waals surface area (Å²) in [5.74, 6) is 0. The number of hydrogen-bond donors (Lipinski definition) is 1. The van der Waals surface area contributed by atoms with Crippen LogP contribution in [-0.2, 0) is 4.74 Å². The van der Waals surface area contributed by atoms with Gasteiger partial charge in [-0.1, -0.05) is 6.08 Å². The van der Waals surface area contributed by atoms with Crippen molar-refractivity contribution < 1.29 is 9.84 Å². The lowest BCUT2D eigenvalue weighted by molar-refractivity contribution is -0.0473. The summed E-state index contributed by atoms with van der Waals surface area (Å²) in [5.41, 5.74) is -0.597. The van der Waals surface area contributed by atoms with Gasteiger partial charge in [-0.15, -0.1) is 6.58 Å². The zero-order valence-electron chi connectivity index (χ0n) is 6.22. The molecule has 0 bridgehead atoms. The monoisotopic (exact) mass is 130 g/mol. The van der Waals surface area contributed by atoms with E-state index in [1.54, 1.807) is 27.0 Å². The first-order valence-electron chi connectivity index (χ1n) is 2.93. The Morgan fingerprint density at radius 3 is 2.22 bits per heavy atom. The second kappa shape index (κ2) is 2.99. The molecule has 0 aromatic rings. The number of ether oxygens (including phenoxy) is 1. The van der Waals surface area contributed by atoms with Gasteiger partial charge in [0.05, 0.1) is 6.10 Å². The Bertz CT molecular complexity index is 99.1. The molecule has 1 N–H and O–H groups in total. The predicted molar refractivity (Wildman–Crippen MR) is 37.3 cm³/mol. The van der Waals surface area contributed by atoms with Gasteiger partial charge in [0.1, 0.15) is 5.60 Å². The quantitative estimate of drug-likeness (QED) is 0.576. The van der Waals surface area contributed by atoms with Crippen molar-refractivity contribution in [1.82, 2.24) is 0 Å². The third kappa shape index (κ3) is 1.80. The summed E-state index contributed by atoms with van der Waals surface area (Å²) in [6.45, 7) is 6.99. The van der Waals surface area contributed by atoms with E-state index < -0.39 is 11.7 Å². The molecular formula is C7H14O2. The Balaban J connectivity index is 4.08. The first-order valence-corrected chi connectivity index (χ1v) is 2.93. The molecule has 0 aromatic heterocycles. The van der Waals surface area contributed by atoms with Crippen LogP contribution >= 0.6 is 0 Å². The van der Waals surface area contributed by atoms with Crippen LogP contribution in [0.2, 0.25) is 0 Å². The third-order valence-corrected chi connectivity index (χ3v) is 1.67. The minimum absolute atomic E-state index is 0.514. The summed E-state index contributed by atoms with van der Waals surface area (Å²) in [6.07, 6.45) is 1.08. The van der Waals surface area contributed by atoms with Crippen molar-refractivity contribution in [2.75, 3.05) is 7.11 Å².